The van der Waals surface area contributed by atoms with Gasteiger partial charge in [0.2, 0.25) is 0 Å². The molecule has 2 saturated heterocycles. The van der Waals surface area contributed by atoms with Gasteiger partial charge in [-0.1, -0.05) is 6.92 Å². The second kappa shape index (κ2) is 3.95. The van der Waals surface area contributed by atoms with E-state index in [2.05, 4.69) is 11.8 Å². The van der Waals surface area contributed by atoms with Gasteiger partial charge >= 0.3 is 0 Å². The molecule has 0 aromatic heterocycles. The van der Waals surface area contributed by atoms with Gasteiger partial charge in [-0.05, 0) is 13.0 Å². The Balaban J connectivity index is 1.81. The molecule has 0 unspecified atom stereocenters. The molecule has 0 aliphatic carbocycles. The van der Waals surface area contributed by atoms with Crippen molar-refractivity contribution >= 4 is 0 Å². The molecular formula is C10H19NO2. The van der Waals surface area contributed by atoms with E-state index in [1.165, 1.54) is 13.0 Å². The Kier molecular flexibility index (Phi) is 2.86. The van der Waals surface area contributed by atoms with E-state index in [-0.39, 0.29) is 5.79 Å². The molecule has 1 spiro atoms. The van der Waals surface area contributed by atoms with Crippen molar-refractivity contribution in [3.05, 3.63) is 0 Å². The first-order chi connectivity index (χ1) is 6.35. The van der Waals surface area contributed by atoms with Crippen LogP contribution in [0.15, 0.2) is 0 Å². The van der Waals surface area contributed by atoms with Gasteiger partial charge in [-0.2, -0.15) is 0 Å². The maximum absolute atomic E-state index is 5.66. The van der Waals surface area contributed by atoms with Crippen molar-refractivity contribution in [2.75, 3.05) is 32.8 Å². The van der Waals surface area contributed by atoms with E-state index in [0.717, 1.165) is 39.1 Å². The molecule has 3 nitrogen and oxygen atoms in total. The van der Waals surface area contributed by atoms with Gasteiger partial charge in [0, 0.05) is 25.9 Å². The highest BCUT2D eigenvalue weighted by molar-refractivity contribution is 4.82. The normalized spacial score (nSPS) is 28.4. The Morgan fingerprint density at radius 2 is 1.77 bits per heavy atom. The molecule has 0 atom stereocenters. The third-order valence-electron chi connectivity index (χ3n) is 2.97. The monoisotopic (exact) mass is 185 g/mol. The molecule has 2 aliphatic rings. The Morgan fingerprint density at radius 3 is 2.31 bits per heavy atom. The molecule has 76 valence electrons. The van der Waals surface area contributed by atoms with Crippen molar-refractivity contribution < 1.29 is 9.47 Å². The lowest BCUT2D eigenvalue weighted by Crippen LogP contribution is -2.45. The van der Waals surface area contributed by atoms with Crippen molar-refractivity contribution in [1.82, 2.24) is 4.90 Å². The SMILES string of the molecule is CCCN1CCC2(CC1)OCCO2. The summed E-state index contributed by atoms with van der Waals surface area (Å²) in [5, 5.41) is 0. The second-order valence-corrected chi connectivity index (χ2v) is 3.95. The number of piperidine rings is 1. The highest BCUT2D eigenvalue weighted by Crippen LogP contribution is 2.30. The number of hydrogen-bond acceptors (Lipinski definition) is 3. The summed E-state index contributed by atoms with van der Waals surface area (Å²) in [6.07, 6.45) is 3.34. The third kappa shape index (κ3) is 2.03. The fourth-order valence-corrected chi connectivity index (χ4v) is 2.22. The minimum Gasteiger partial charge on any atom is -0.347 e. The van der Waals surface area contributed by atoms with E-state index in [1.54, 1.807) is 0 Å². The number of likely N-dealkylation sites (tertiary alicyclic amines) is 1. The fraction of sp³-hybridized carbons (Fsp3) is 1.00. The van der Waals surface area contributed by atoms with Crippen LogP contribution in [0.1, 0.15) is 26.2 Å². The minimum absolute atomic E-state index is 0.190. The number of rotatable bonds is 2. The first-order valence-corrected chi connectivity index (χ1v) is 5.35. The maximum atomic E-state index is 5.66. The van der Waals surface area contributed by atoms with Gasteiger partial charge in [0.1, 0.15) is 0 Å². The van der Waals surface area contributed by atoms with Gasteiger partial charge in [-0.25, -0.2) is 0 Å². The highest BCUT2D eigenvalue weighted by atomic mass is 16.7. The molecule has 13 heavy (non-hydrogen) atoms. The lowest BCUT2D eigenvalue weighted by Gasteiger charge is -2.37. The van der Waals surface area contributed by atoms with Crippen molar-refractivity contribution in [1.29, 1.82) is 0 Å². The van der Waals surface area contributed by atoms with E-state index in [4.69, 9.17) is 9.47 Å². The van der Waals surface area contributed by atoms with Gasteiger partial charge in [-0.15, -0.1) is 0 Å². The van der Waals surface area contributed by atoms with E-state index < -0.39 is 0 Å². The summed E-state index contributed by atoms with van der Waals surface area (Å²) in [5.41, 5.74) is 0. The predicted octanol–water partition coefficient (Wildman–Crippen LogP) is 1.24. The van der Waals surface area contributed by atoms with Crippen molar-refractivity contribution in [2.45, 2.75) is 32.0 Å². The molecule has 0 amide bonds. The van der Waals surface area contributed by atoms with Gasteiger partial charge in [0.25, 0.3) is 0 Å². The average molecular weight is 185 g/mol. The Morgan fingerprint density at radius 1 is 1.15 bits per heavy atom. The molecule has 0 saturated carbocycles. The van der Waals surface area contributed by atoms with Gasteiger partial charge < -0.3 is 14.4 Å². The summed E-state index contributed by atoms with van der Waals surface area (Å²) >= 11 is 0. The summed E-state index contributed by atoms with van der Waals surface area (Å²) < 4.78 is 11.3. The zero-order valence-corrected chi connectivity index (χ0v) is 8.42. The molecule has 2 fully saturated rings. The summed E-state index contributed by atoms with van der Waals surface area (Å²) in [6.45, 7) is 7.28. The molecule has 0 aromatic carbocycles. The molecule has 0 radical (unpaired) electrons. The fourth-order valence-electron chi connectivity index (χ4n) is 2.22. The van der Waals surface area contributed by atoms with Crippen LogP contribution in [0.5, 0.6) is 0 Å². The van der Waals surface area contributed by atoms with Crippen LogP contribution in [0.4, 0.5) is 0 Å². The summed E-state index contributed by atoms with van der Waals surface area (Å²) in [7, 11) is 0. The highest BCUT2D eigenvalue weighted by Gasteiger charge is 2.39. The van der Waals surface area contributed by atoms with Crippen LogP contribution in [0.25, 0.3) is 0 Å². The summed E-state index contributed by atoms with van der Waals surface area (Å²) in [4.78, 5) is 2.50. The van der Waals surface area contributed by atoms with E-state index in [1.807, 2.05) is 0 Å². The van der Waals surface area contributed by atoms with Crippen LogP contribution in [0.3, 0.4) is 0 Å². The lowest BCUT2D eigenvalue weighted by molar-refractivity contribution is -0.185. The van der Waals surface area contributed by atoms with E-state index in [9.17, 15) is 0 Å². The molecule has 2 aliphatic heterocycles. The van der Waals surface area contributed by atoms with E-state index in [0.29, 0.717) is 0 Å². The molecule has 0 N–H and O–H groups in total. The summed E-state index contributed by atoms with van der Waals surface area (Å²) in [6, 6.07) is 0. The van der Waals surface area contributed by atoms with Crippen molar-refractivity contribution in [3.8, 4) is 0 Å². The summed E-state index contributed by atoms with van der Waals surface area (Å²) in [5.74, 6) is -0.190. The largest absolute Gasteiger partial charge is 0.347 e. The topological polar surface area (TPSA) is 21.7 Å². The first-order valence-electron chi connectivity index (χ1n) is 5.35. The Labute approximate surface area is 80.0 Å². The third-order valence-corrected chi connectivity index (χ3v) is 2.97. The zero-order valence-electron chi connectivity index (χ0n) is 8.42. The molecule has 0 aromatic rings. The Hall–Kier alpha value is -0.120. The van der Waals surface area contributed by atoms with Crippen molar-refractivity contribution in [2.24, 2.45) is 0 Å². The molecule has 2 heterocycles. The van der Waals surface area contributed by atoms with Gasteiger partial charge in [-0.3, -0.25) is 0 Å². The van der Waals surface area contributed by atoms with Crippen molar-refractivity contribution in [3.63, 3.8) is 0 Å². The lowest BCUT2D eigenvalue weighted by atomic mass is 10.0. The van der Waals surface area contributed by atoms with Crippen LogP contribution in [-0.4, -0.2) is 43.5 Å². The molecule has 2 rings (SSSR count). The number of hydrogen-bond donors (Lipinski definition) is 0. The quantitative estimate of drug-likeness (QED) is 0.646. The van der Waals surface area contributed by atoms with Crippen LogP contribution in [-0.2, 0) is 9.47 Å². The predicted molar refractivity (Wildman–Crippen MR) is 50.6 cm³/mol. The second-order valence-electron chi connectivity index (χ2n) is 3.95. The molecular weight excluding hydrogens is 166 g/mol. The van der Waals surface area contributed by atoms with Crippen LogP contribution < -0.4 is 0 Å². The number of nitrogens with zero attached hydrogens (tertiary/aromatic N) is 1. The molecule has 0 bridgehead atoms. The van der Waals surface area contributed by atoms with Crippen LogP contribution in [0.2, 0.25) is 0 Å². The van der Waals surface area contributed by atoms with Crippen LogP contribution in [0, 0.1) is 0 Å². The Bertz CT molecular complexity index is 156. The average Bonchev–Trinajstić information content (AvgIpc) is 2.59. The van der Waals surface area contributed by atoms with Gasteiger partial charge in [0.05, 0.1) is 13.2 Å². The number of ether oxygens (including phenoxy) is 2. The smallest absolute Gasteiger partial charge is 0.170 e. The maximum Gasteiger partial charge on any atom is 0.170 e. The standard InChI is InChI=1S/C10H19NO2/c1-2-5-11-6-3-10(4-7-11)12-8-9-13-10/h2-9H2,1H3. The zero-order chi connectivity index (χ0) is 9.15. The van der Waals surface area contributed by atoms with Gasteiger partial charge in [0.15, 0.2) is 5.79 Å². The van der Waals surface area contributed by atoms with E-state index >= 15 is 0 Å². The minimum atomic E-state index is -0.190. The van der Waals surface area contributed by atoms with Crippen LogP contribution >= 0.6 is 0 Å². The first kappa shape index (κ1) is 9.44. The molecule has 3 heteroatoms.